The quantitative estimate of drug-likeness (QED) is 0.760. The van der Waals surface area contributed by atoms with E-state index in [-0.39, 0.29) is 18.7 Å². The predicted octanol–water partition coefficient (Wildman–Crippen LogP) is 3.19. The Morgan fingerprint density at radius 3 is 2.67 bits per heavy atom. The van der Waals surface area contributed by atoms with Crippen LogP contribution < -0.4 is 14.2 Å². The summed E-state index contributed by atoms with van der Waals surface area (Å²) in [7, 11) is 1.62. The molecule has 0 fully saturated rings. The number of carbonyl (C=O) groups is 1. The number of nitrogens with zero attached hydrogens (tertiary/aromatic N) is 1. The predicted molar refractivity (Wildman–Crippen MR) is 99.8 cm³/mol. The van der Waals surface area contributed by atoms with E-state index in [1.54, 1.807) is 7.11 Å². The smallest absolute Gasteiger partial charge is 0.315 e. The van der Waals surface area contributed by atoms with Gasteiger partial charge < -0.3 is 18.9 Å². The summed E-state index contributed by atoms with van der Waals surface area (Å²) < 4.78 is 21.5. The van der Waals surface area contributed by atoms with E-state index >= 15 is 0 Å². The van der Waals surface area contributed by atoms with Gasteiger partial charge >= 0.3 is 5.97 Å². The number of carbonyl (C=O) groups excluding carboxylic acids is 1. The molecule has 2 heterocycles. The third-order valence-corrected chi connectivity index (χ3v) is 4.91. The van der Waals surface area contributed by atoms with Gasteiger partial charge in [-0.1, -0.05) is 6.07 Å². The summed E-state index contributed by atoms with van der Waals surface area (Å²) in [4.78, 5) is 17.5. The van der Waals surface area contributed by atoms with Crippen LogP contribution in [0, 0.1) is 5.92 Å². The molecule has 0 saturated heterocycles. The van der Waals surface area contributed by atoms with Crippen LogP contribution in [0.25, 0.3) is 0 Å². The minimum Gasteiger partial charge on any atom is -0.497 e. The second-order valence-corrected chi connectivity index (χ2v) is 6.40. The van der Waals surface area contributed by atoms with E-state index in [1.807, 2.05) is 49.4 Å². The first-order valence-corrected chi connectivity index (χ1v) is 8.96. The first-order valence-electron chi connectivity index (χ1n) is 8.96. The highest BCUT2D eigenvalue weighted by Gasteiger charge is 2.40. The molecule has 0 aliphatic carbocycles. The highest BCUT2D eigenvalue weighted by molar-refractivity contribution is 6.13. The molecule has 2 aromatic rings. The zero-order chi connectivity index (χ0) is 18.8. The van der Waals surface area contributed by atoms with Crippen molar-refractivity contribution in [3.63, 3.8) is 0 Å². The number of fused-ring (bicyclic) bond motifs is 1. The molecule has 6 heteroatoms. The van der Waals surface area contributed by atoms with Crippen molar-refractivity contribution in [2.45, 2.75) is 12.8 Å². The Kier molecular flexibility index (Phi) is 4.71. The minimum absolute atomic E-state index is 0.101. The van der Waals surface area contributed by atoms with Crippen molar-refractivity contribution in [2.75, 3.05) is 27.1 Å². The number of hydrogen-bond acceptors (Lipinski definition) is 6. The summed E-state index contributed by atoms with van der Waals surface area (Å²) in [5, 5.41) is 0. The van der Waals surface area contributed by atoms with Crippen LogP contribution in [0.3, 0.4) is 0 Å². The summed E-state index contributed by atoms with van der Waals surface area (Å²) in [5.41, 5.74) is 2.64. The lowest BCUT2D eigenvalue weighted by Crippen LogP contribution is -2.29. The average Bonchev–Trinajstić information content (AvgIpc) is 3.34. The van der Waals surface area contributed by atoms with Crippen molar-refractivity contribution in [1.82, 2.24) is 0 Å². The number of rotatable bonds is 5. The molecule has 0 unspecified atom stereocenters. The van der Waals surface area contributed by atoms with Gasteiger partial charge in [0, 0.05) is 12.5 Å². The van der Waals surface area contributed by atoms with Crippen LogP contribution in [0.5, 0.6) is 17.2 Å². The van der Waals surface area contributed by atoms with Crippen LogP contribution in [0.15, 0.2) is 47.5 Å². The van der Waals surface area contributed by atoms with Crippen LogP contribution in [-0.4, -0.2) is 38.7 Å². The average molecular weight is 367 g/mol. The highest BCUT2D eigenvalue weighted by atomic mass is 16.7. The third-order valence-electron chi connectivity index (χ3n) is 4.91. The van der Waals surface area contributed by atoms with E-state index in [0.29, 0.717) is 18.9 Å². The Balaban J connectivity index is 1.67. The summed E-state index contributed by atoms with van der Waals surface area (Å²) >= 11 is 0. The molecular formula is C21H21NO5. The number of ether oxygens (including phenoxy) is 4. The van der Waals surface area contributed by atoms with Crippen LogP contribution in [0.1, 0.15) is 24.0 Å². The molecular weight excluding hydrogens is 346 g/mol. The molecule has 0 saturated carbocycles. The molecule has 0 radical (unpaired) electrons. The zero-order valence-electron chi connectivity index (χ0n) is 15.3. The van der Waals surface area contributed by atoms with E-state index < -0.39 is 5.92 Å². The highest BCUT2D eigenvalue weighted by Crippen LogP contribution is 2.40. The standard InChI is InChI=1S/C21H21NO5/c1-3-25-21(23)19-16(14-6-9-17-18(10-14)27-12-26-17)11-22-20(19)13-4-7-15(24-2)8-5-13/h4-10,16,19H,3,11-12H2,1-2H3/t16-,19+/m1/s1. The monoisotopic (exact) mass is 367 g/mol. The van der Waals surface area contributed by atoms with Gasteiger partial charge in [0.25, 0.3) is 0 Å². The van der Waals surface area contributed by atoms with Gasteiger partial charge in [0.1, 0.15) is 11.7 Å². The van der Waals surface area contributed by atoms with Crippen LogP contribution in [-0.2, 0) is 9.53 Å². The Morgan fingerprint density at radius 1 is 1.15 bits per heavy atom. The SMILES string of the molecule is CCOC(=O)[C@@H]1C(c2ccc(OC)cc2)=NC[C@@H]1c1ccc2c(c1)OCO2. The van der Waals surface area contributed by atoms with Gasteiger partial charge in [-0.2, -0.15) is 0 Å². The molecule has 0 aromatic heterocycles. The lowest BCUT2D eigenvalue weighted by Gasteiger charge is -2.20. The van der Waals surface area contributed by atoms with Crippen molar-refractivity contribution >= 4 is 11.7 Å². The molecule has 27 heavy (non-hydrogen) atoms. The second kappa shape index (κ2) is 7.31. The second-order valence-electron chi connectivity index (χ2n) is 6.40. The molecule has 2 aliphatic heterocycles. The largest absolute Gasteiger partial charge is 0.497 e. The normalized spacial score (nSPS) is 20.3. The Morgan fingerprint density at radius 2 is 1.93 bits per heavy atom. The van der Waals surface area contributed by atoms with Gasteiger partial charge in [0.2, 0.25) is 6.79 Å². The topological polar surface area (TPSA) is 66.4 Å². The summed E-state index contributed by atoms with van der Waals surface area (Å²) in [6.45, 7) is 2.88. The van der Waals surface area contributed by atoms with Crippen molar-refractivity contribution in [3.05, 3.63) is 53.6 Å². The maximum Gasteiger partial charge on any atom is 0.315 e. The minimum atomic E-state index is -0.460. The number of methoxy groups -OCH3 is 1. The number of hydrogen-bond donors (Lipinski definition) is 0. The molecule has 0 amide bonds. The first kappa shape index (κ1) is 17.4. The molecule has 0 spiro atoms. The summed E-state index contributed by atoms with van der Waals surface area (Å²) in [6.07, 6.45) is 0. The fraction of sp³-hybridized carbons (Fsp3) is 0.333. The maximum atomic E-state index is 12.8. The Hall–Kier alpha value is -3.02. The van der Waals surface area contributed by atoms with Crippen LogP contribution in [0.2, 0.25) is 0 Å². The van der Waals surface area contributed by atoms with E-state index in [4.69, 9.17) is 23.9 Å². The molecule has 4 rings (SSSR count). The maximum absolute atomic E-state index is 12.8. The third kappa shape index (κ3) is 3.23. The van der Waals surface area contributed by atoms with Crippen molar-refractivity contribution in [3.8, 4) is 17.2 Å². The van der Waals surface area contributed by atoms with E-state index in [1.165, 1.54) is 0 Å². The van der Waals surface area contributed by atoms with Gasteiger partial charge in [-0.15, -0.1) is 0 Å². The van der Waals surface area contributed by atoms with Crippen molar-refractivity contribution in [1.29, 1.82) is 0 Å². The summed E-state index contributed by atoms with van der Waals surface area (Å²) in [6, 6.07) is 13.4. The Bertz CT molecular complexity index is 875. The first-order chi connectivity index (χ1) is 13.2. The molecule has 6 nitrogen and oxygen atoms in total. The molecule has 2 atom stereocenters. The van der Waals surface area contributed by atoms with Gasteiger partial charge in [-0.05, 0) is 54.4 Å². The van der Waals surface area contributed by atoms with E-state index in [9.17, 15) is 4.79 Å². The molecule has 0 bridgehead atoms. The Labute approximate surface area is 157 Å². The van der Waals surface area contributed by atoms with Gasteiger partial charge in [0.05, 0.1) is 19.4 Å². The lowest BCUT2D eigenvalue weighted by molar-refractivity contribution is -0.145. The molecule has 2 aliphatic rings. The molecule has 0 N–H and O–H groups in total. The molecule has 2 aromatic carbocycles. The fourth-order valence-corrected chi connectivity index (χ4v) is 3.57. The zero-order valence-corrected chi connectivity index (χ0v) is 15.3. The fourth-order valence-electron chi connectivity index (χ4n) is 3.57. The van der Waals surface area contributed by atoms with E-state index in [0.717, 1.165) is 28.3 Å². The summed E-state index contributed by atoms with van der Waals surface area (Å²) in [5.74, 6) is 1.37. The lowest BCUT2D eigenvalue weighted by atomic mass is 9.83. The van der Waals surface area contributed by atoms with Crippen molar-refractivity contribution in [2.24, 2.45) is 10.9 Å². The van der Waals surface area contributed by atoms with Crippen LogP contribution >= 0.6 is 0 Å². The number of esters is 1. The van der Waals surface area contributed by atoms with Crippen molar-refractivity contribution < 1.29 is 23.7 Å². The number of aliphatic imine (C=N–C) groups is 1. The van der Waals surface area contributed by atoms with Crippen LogP contribution in [0.4, 0.5) is 0 Å². The van der Waals surface area contributed by atoms with E-state index in [2.05, 4.69) is 0 Å². The van der Waals surface area contributed by atoms with Gasteiger partial charge in [0.15, 0.2) is 11.5 Å². The number of benzene rings is 2. The molecule has 140 valence electrons. The van der Waals surface area contributed by atoms with Gasteiger partial charge in [-0.25, -0.2) is 0 Å². The van der Waals surface area contributed by atoms with Gasteiger partial charge in [-0.3, -0.25) is 9.79 Å².